The fraction of sp³-hybridized carbons (Fsp3) is 0.412. The number of nitro groups is 2. The highest BCUT2D eigenvalue weighted by molar-refractivity contribution is 7.71. The van der Waals surface area contributed by atoms with Crippen LogP contribution in [0.5, 0.6) is 0 Å². The van der Waals surface area contributed by atoms with Crippen molar-refractivity contribution >= 4 is 144 Å². The summed E-state index contributed by atoms with van der Waals surface area (Å²) in [6.07, 6.45) is 14.2. The molecule has 6 N–H and O–H groups in total. The number of halogens is 3. The molecule has 6 aromatic carbocycles. The lowest BCUT2D eigenvalue weighted by Crippen LogP contribution is -2.53. The second-order valence-corrected chi connectivity index (χ2v) is 33.7. The smallest absolute Gasteiger partial charge is 0.294 e. The van der Waals surface area contributed by atoms with E-state index in [2.05, 4.69) is 90.6 Å². The van der Waals surface area contributed by atoms with Gasteiger partial charge in [0.25, 0.3) is 11.4 Å². The van der Waals surface area contributed by atoms with E-state index in [1.165, 1.54) is 50.2 Å². The number of fused-ring (bicyclic) bond motifs is 2. The minimum absolute atomic E-state index is 0.0421. The maximum atomic E-state index is 13.4. The molecule has 0 bridgehead atoms. The summed E-state index contributed by atoms with van der Waals surface area (Å²) in [5, 5.41) is 47.0. The Kier molecular flexibility index (Phi) is 22.9. The summed E-state index contributed by atoms with van der Waals surface area (Å²) < 4.78 is 26.2. The minimum Gasteiger partial charge on any atom is -0.399 e. The first-order chi connectivity index (χ1) is 44.6. The van der Waals surface area contributed by atoms with Crippen LogP contribution in [0.3, 0.4) is 0 Å². The van der Waals surface area contributed by atoms with Crippen LogP contribution in [0.4, 0.5) is 63.1 Å². The van der Waals surface area contributed by atoms with Gasteiger partial charge in [0.05, 0.1) is 33.6 Å². The van der Waals surface area contributed by atoms with Gasteiger partial charge in [-0.25, -0.2) is 9.97 Å². The first-order valence-corrected chi connectivity index (χ1v) is 37.9. The molecule has 0 unspecified atom stereocenters. The Balaban J connectivity index is 0.000000174. The van der Waals surface area contributed by atoms with E-state index < -0.39 is 14.3 Å². The maximum absolute atomic E-state index is 13.4. The summed E-state index contributed by atoms with van der Waals surface area (Å²) >= 11 is 18.4. The minimum atomic E-state index is -2.70. The van der Waals surface area contributed by atoms with Crippen LogP contribution in [-0.4, -0.2) is 144 Å². The van der Waals surface area contributed by atoms with E-state index in [1.54, 1.807) is 44.9 Å². The molecular weight excluding hydrogens is 1290 g/mol. The van der Waals surface area contributed by atoms with Gasteiger partial charge in [0, 0.05) is 79.0 Å². The quantitative estimate of drug-likeness (QED) is 0.0198. The van der Waals surface area contributed by atoms with Crippen molar-refractivity contribution in [1.82, 2.24) is 29.7 Å². The zero-order valence-electron chi connectivity index (χ0n) is 54.8. The summed E-state index contributed by atoms with van der Waals surface area (Å²) in [5.41, 5.74) is 10.3. The summed E-state index contributed by atoms with van der Waals surface area (Å²) in [6, 6.07) is 34.8. The lowest BCUT2D eigenvalue weighted by molar-refractivity contribution is -0.384. The van der Waals surface area contributed by atoms with Crippen molar-refractivity contribution in [3.8, 4) is 0 Å². The number of aliphatic hydroxyl groups is 1. The molecule has 2 saturated heterocycles. The summed E-state index contributed by atoms with van der Waals surface area (Å²) in [4.78, 5) is 48.4. The van der Waals surface area contributed by atoms with Crippen LogP contribution in [0.2, 0.25) is 15.3 Å². The highest BCUT2D eigenvalue weighted by Gasteiger charge is 2.48. The third-order valence-corrected chi connectivity index (χ3v) is 22.3. The molecular formula is C68H85Cl3N14O7P2. The second kappa shape index (κ2) is 30.3. The van der Waals surface area contributed by atoms with E-state index in [1.807, 2.05) is 78.9 Å². The number of hydrogen-bond acceptors (Lipinski definition) is 19. The Morgan fingerprint density at radius 3 is 1.48 bits per heavy atom. The predicted octanol–water partition coefficient (Wildman–Crippen LogP) is 15.4. The van der Waals surface area contributed by atoms with Crippen molar-refractivity contribution in [3.05, 3.63) is 157 Å². The van der Waals surface area contributed by atoms with Crippen LogP contribution in [0, 0.1) is 31.1 Å². The van der Waals surface area contributed by atoms with Crippen molar-refractivity contribution in [3.63, 3.8) is 0 Å². The number of aromatic nitrogens is 4. The van der Waals surface area contributed by atoms with Crippen LogP contribution in [0.25, 0.3) is 21.5 Å². The topological polar surface area (TPSA) is 267 Å². The van der Waals surface area contributed by atoms with E-state index >= 15 is 0 Å². The molecule has 12 rings (SSSR count). The van der Waals surface area contributed by atoms with Crippen molar-refractivity contribution in [1.29, 1.82) is 0 Å². The number of nitrogens with two attached hydrogens (primary N) is 1. The number of nitro benzene ring substituents is 2. The third-order valence-electron chi connectivity index (χ3n) is 18.4. The second-order valence-electron chi connectivity index (χ2n) is 26.2. The van der Waals surface area contributed by atoms with Crippen LogP contribution < -0.4 is 42.1 Å². The molecule has 2 aliphatic carbocycles. The Morgan fingerprint density at radius 1 is 0.617 bits per heavy atom. The van der Waals surface area contributed by atoms with Gasteiger partial charge in [-0.05, 0) is 193 Å². The Labute approximate surface area is 565 Å². The fourth-order valence-electron chi connectivity index (χ4n) is 13.2. The number of rotatable bonds is 16. The largest absolute Gasteiger partial charge is 0.399 e. The molecule has 2 aliphatic heterocycles. The molecule has 500 valence electrons. The molecule has 21 nitrogen and oxygen atoms in total. The standard InChI is InChI=1S/C32H37ClN7O3P.C16H14Cl2N3OP.C16H24N4O2.C4H10O/c1-38(2)23-18-32(19-23)13-15-39(16-14-32)27-12-10-22(17-28(27)40(41)42)35-31-34-20-25(33)30(37-31)36-26-11-9-21-7-5-6-8-24(21)29(26)44(3,4)43;1-23(2,22)14-11-6-4-3-5-10(11)7-8-13(14)20-15-12(17)9-19-16(18)21-15;1-18(2)13-10-16(11-13)5-7-19(8-6-16)14-4-3-12(17)9-15(14)20(21)22;1-2-3-4-5/h5-12,17,20,23H,13-16,18-19H2,1-4H3,(H2,34,35,36,37);3-9H,1-2H3,(H,19,20,21);3-4,9,13H,5-8,10-11,17H2,1-2H3;5H,2-4H2,1H3. The fourth-order valence-corrected chi connectivity index (χ4v) is 16.6. The number of benzene rings is 6. The molecule has 4 aliphatic rings. The summed E-state index contributed by atoms with van der Waals surface area (Å²) in [7, 11) is 3.31. The summed E-state index contributed by atoms with van der Waals surface area (Å²) in [6.45, 7) is 12.8. The Bertz CT molecular complexity index is 4120. The van der Waals surface area contributed by atoms with Gasteiger partial charge < -0.3 is 55.5 Å². The van der Waals surface area contributed by atoms with Crippen molar-refractivity contribution in [2.75, 3.05) is 119 Å². The highest BCUT2D eigenvalue weighted by atomic mass is 35.5. The van der Waals surface area contributed by atoms with Gasteiger partial charge in [0.15, 0.2) is 11.6 Å². The zero-order chi connectivity index (χ0) is 67.9. The number of aliphatic hydroxyl groups excluding tert-OH is 1. The van der Waals surface area contributed by atoms with Gasteiger partial charge in [-0.2, -0.15) is 9.97 Å². The molecule has 2 saturated carbocycles. The maximum Gasteiger partial charge on any atom is 0.294 e. The number of hydrogen-bond donors (Lipinski definition) is 5. The molecule has 0 radical (unpaired) electrons. The van der Waals surface area contributed by atoms with Gasteiger partial charge in [-0.1, -0.05) is 97.2 Å². The van der Waals surface area contributed by atoms with Gasteiger partial charge in [-0.3, -0.25) is 20.2 Å². The van der Waals surface area contributed by atoms with Gasteiger partial charge in [0.2, 0.25) is 11.2 Å². The predicted molar refractivity (Wildman–Crippen MR) is 389 cm³/mol. The first kappa shape index (κ1) is 71.1. The Hall–Kier alpha value is -7.19. The van der Waals surface area contributed by atoms with Gasteiger partial charge >= 0.3 is 0 Å². The average molecular weight is 1380 g/mol. The SMILES string of the molecule is CCCCO.CN(C)C1CC2(CCN(c3ccc(N)cc3[N+](=O)[O-])CC2)C1.CN(C)C1CC2(CCN(c3ccc(Nc4ncc(Cl)c(Nc5ccc6ccccc6c5P(C)(C)=O)n4)cc3[N+](=O)[O-])CC2)C1.CP(C)(=O)c1c(Nc2nc(Cl)ncc2Cl)ccc2ccccc12. The van der Waals surface area contributed by atoms with Gasteiger partial charge in [-0.15, -0.1) is 0 Å². The molecule has 2 aromatic heterocycles. The summed E-state index contributed by atoms with van der Waals surface area (Å²) in [5.74, 6) is 0.935. The number of nitrogens with one attached hydrogen (secondary N) is 3. The first-order valence-electron chi connectivity index (χ1n) is 31.5. The number of anilines is 9. The van der Waals surface area contributed by atoms with Crippen LogP contribution in [0.1, 0.15) is 71.1 Å². The number of unbranched alkanes of at least 4 members (excludes halogenated alkanes) is 1. The molecule has 26 heteroatoms. The van der Waals surface area contributed by atoms with Crippen molar-refractivity contribution < 1.29 is 24.1 Å². The van der Waals surface area contributed by atoms with E-state index in [9.17, 15) is 29.4 Å². The Morgan fingerprint density at radius 2 is 1.05 bits per heavy atom. The van der Waals surface area contributed by atoms with Crippen LogP contribution in [0.15, 0.2) is 122 Å². The van der Waals surface area contributed by atoms with Crippen LogP contribution in [-0.2, 0) is 9.13 Å². The average Bonchev–Trinajstić information content (AvgIpc) is 0.781. The molecule has 8 aromatic rings. The normalized spacial score (nSPS) is 16.6. The highest BCUT2D eigenvalue weighted by Crippen LogP contribution is 2.53. The molecule has 0 atom stereocenters. The molecule has 4 fully saturated rings. The lowest BCUT2D eigenvalue weighted by Gasteiger charge is -2.54. The van der Waals surface area contributed by atoms with E-state index in [0.717, 1.165) is 91.6 Å². The molecule has 4 heterocycles. The van der Waals surface area contributed by atoms with E-state index in [0.29, 0.717) is 85.6 Å². The molecule has 0 amide bonds. The van der Waals surface area contributed by atoms with E-state index in [-0.39, 0.29) is 37.5 Å². The lowest BCUT2D eigenvalue weighted by atomic mass is 9.60. The number of nitrogens with zero attached hydrogens (tertiary/aromatic N) is 10. The van der Waals surface area contributed by atoms with Crippen LogP contribution >= 0.6 is 49.1 Å². The number of nitrogen functional groups attached to an aromatic ring is 1. The van der Waals surface area contributed by atoms with Crippen molar-refractivity contribution in [2.24, 2.45) is 10.8 Å². The number of piperidine rings is 2. The third kappa shape index (κ3) is 17.1. The van der Waals surface area contributed by atoms with Gasteiger partial charge in [0.1, 0.15) is 35.7 Å². The molecule has 2 spiro atoms. The monoisotopic (exact) mass is 1380 g/mol. The van der Waals surface area contributed by atoms with Crippen molar-refractivity contribution in [2.45, 2.75) is 83.2 Å². The zero-order valence-corrected chi connectivity index (χ0v) is 58.8. The molecule has 94 heavy (non-hydrogen) atoms. The van der Waals surface area contributed by atoms with E-state index in [4.69, 9.17) is 45.6 Å².